The number of anilines is 1. The van der Waals surface area contributed by atoms with Gasteiger partial charge < -0.3 is 22.6 Å². The summed E-state index contributed by atoms with van der Waals surface area (Å²) in [6.07, 6.45) is 1.39. The summed E-state index contributed by atoms with van der Waals surface area (Å²) in [6, 6.07) is 1.64. The average molecular weight is 264 g/mol. The lowest BCUT2D eigenvalue weighted by atomic mass is 10.2. The van der Waals surface area contributed by atoms with E-state index in [1.807, 2.05) is 0 Å². The van der Waals surface area contributed by atoms with Crippen LogP contribution in [0, 0.1) is 12.3 Å². The monoisotopic (exact) mass is 264 g/mol. The van der Waals surface area contributed by atoms with Crippen LogP contribution >= 0.6 is 0 Å². The zero-order chi connectivity index (χ0) is 14.3. The van der Waals surface area contributed by atoms with Crippen LogP contribution in [0.1, 0.15) is 12.5 Å². The topological polar surface area (TPSA) is 70.1 Å². The van der Waals surface area contributed by atoms with Gasteiger partial charge >= 0.3 is 12.9 Å². The molecule has 0 radical (unpaired) electrons. The van der Waals surface area contributed by atoms with Gasteiger partial charge in [-0.05, 0) is 13.0 Å². The Labute approximate surface area is 99.9 Å². The molecule has 1 N–H and O–H groups in total. The Bertz CT molecular complexity index is 465. The number of halogens is 4. The third-order valence-electron chi connectivity index (χ3n) is 1.50. The van der Waals surface area contributed by atoms with Crippen molar-refractivity contribution in [2.75, 3.05) is 5.32 Å². The van der Waals surface area contributed by atoms with Crippen molar-refractivity contribution >= 4 is 24.7 Å². The lowest BCUT2D eigenvalue weighted by molar-refractivity contribution is -0.114. The number of nitrogens with zero attached hydrogens (tertiary/aromatic N) is 3. The maximum atomic E-state index is 10.7. The van der Waals surface area contributed by atoms with Crippen molar-refractivity contribution in [3.63, 3.8) is 0 Å². The largest absolute Gasteiger partial charge is 0.673 e. The van der Waals surface area contributed by atoms with E-state index in [-0.39, 0.29) is 5.91 Å². The van der Waals surface area contributed by atoms with Gasteiger partial charge in [-0.25, -0.2) is 4.98 Å². The van der Waals surface area contributed by atoms with Gasteiger partial charge in [-0.2, -0.15) is 0 Å². The molecular formula is C8H9BF4N4O. The van der Waals surface area contributed by atoms with E-state index in [0.717, 1.165) is 5.56 Å². The zero-order valence-corrected chi connectivity index (χ0v) is 9.49. The van der Waals surface area contributed by atoms with E-state index in [9.17, 15) is 22.1 Å². The van der Waals surface area contributed by atoms with Gasteiger partial charge in [0.05, 0.1) is 0 Å². The van der Waals surface area contributed by atoms with Crippen molar-refractivity contribution in [2.45, 2.75) is 13.8 Å². The average Bonchev–Trinajstić information content (AvgIpc) is 2.14. The molecule has 1 rings (SSSR count). The Hall–Kier alpha value is -2.18. The first-order chi connectivity index (χ1) is 8.13. The zero-order valence-electron chi connectivity index (χ0n) is 9.49. The number of carbonyl (C=O) groups excluding carboxylic acids is 1. The molecule has 0 bridgehead atoms. The number of aryl methyl sites for hydroxylation is 1. The van der Waals surface area contributed by atoms with Gasteiger partial charge in [0.15, 0.2) is 4.98 Å². The highest BCUT2D eigenvalue weighted by Crippen LogP contribution is 2.19. The van der Waals surface area contributed by atoms with Crippen molar-refractivity contribution in [3.8, 4) is 0 Å². The molecule has 0 spiro atoms. The van der Waals surface area contributed by atoms with Crippen molar-refractivity contribution in [1.29, 1.82) is 5.39 Å². The highest BCUT2D eigenvalue weighted by Gasteiger charge is 2.20. The summed E-state index contributed by atoms with van der Waals surface area (Å²) in [4.78, 5) is 17.5. The molecule has 18 heavy (non-hydrogen) atoms. The summed E-state index contributed by atoms with van der Waals surface area (Å²) in [5, 5.41) is 11.0. The van der Waals surface area contributed by atoms with Gasteiger partial charge in [0.1, 0.15) is 12.0 Å². The second-order valence-electron chi connectivity index (χ2n) is 3.13. The standard InChI is InChI=1S/C8H8N4O.BF4/c1-5-3-8(11-6(2)13)10-4-7(5)12-9;2-1(3,4)5/h3-4H,1-2H3;/q;-1/p+1. The molecule has 98 valence electrons. The summed E-state index contributed by atoms with van der Waals surface area (Å²) >= 11 is 0. The number of aromatic nitrogens is 1. The fourth-order valence-electron chi connectivity index (χ4n) is 0.902. The van der Waals surface area contributed by atoms with Crippen molar-refractivity contribution in [3.05, 3.63) is 22.8 Å². The number of hydrogen-bond acceptors (Lipinski definition) is 3. The number of diazo groups is 1. The minimum atomic E-state index is -6.00. The molecule has 0 saturated heterocycles. The fourth-order valence-corrected chi connectivity index (χ4v) is 0.902. The minimum absolute atomic E-state index is 0.180. The predicted octanol–water partition coefficient (Wildman–Crippen LogP) is 3.13. The van der Waals surface area contributed by atoms with E-state index < -0.39 is 7.25 Å². The van der Waals surface area contributed by atoms with Crippen LogP contribution in [0.15, 0.2) is 12.3 Å². The second kappa shape index (κ2) is 6.53. The molecule has 0 aliphatic heterocycles. The SMILES string of the molecule is CC(=O)Nc1cc(C)c([N+]#N)cn1.F[B-](F)(F)F. The number of amides is 1. The summed E-state index contributed by atoms with van der Waals surface area (Å²) in [5.41, 5.74) is 1.15. The molecule has 0 fully saturated rings. The molecular weight excluding hydrogens is 255 g/mol. The highest BCUT2D eigenvalue weighted by molar-refractivity contribution is 6.50. The number of nitrogens with one attached hydrogen (secondary N) is 1. The Morgan fingerprint density at radius 1 is 1.44 bits per heavy atom. The summed E-state index contributed by atoms with van der Waals surface area (Å²) in [7, 11) is -6.00. The summed E-state index contributed by atoms with van der Waals surface area (Å²) in [6.45, 7) is 3.17. The van der Waals surface area contributed by atoms with Crippen LogP contribution in [0.4, 0.5) is 28.8 Å². The van der Waals surface area contributed by atoms with Crippen LogP contribution in [0.2, 0.25) is 0 Å². The van der Waals surface area contributed by atoms with Gasteiger partial charge in [0.25, 0.3) is 0 Å². The van der Waals surface area contributed by atoms with E-state index in [4.69, 9.17) is 5.39 Å². The van der Waals surface area contributed by atoms with Gasteiger partial charge in [-0.1, -0.05) is 0 Å². The number of pyridine rings is 1. The maximum absolute atomic E-state index is 10.7. The van der Waals surface area contributed by atoms with Gasteiger partial charge in [0.2, 0.25) is 11.3 Å². The normalized spacial score (nSPS) is 9.83. The summed E-state index contributed by atoms with van der Waals surface area (Å²) in [5.74, 6) is 0.276. The fraction of sp³-hybridized carbons (Fsp3) is 0.250. The molecule has 0 aliphatic rings. The lowest BCUT2D eigenvalue weighted by Gasteiger charge is -1.98. The van der Waals surface area contributed by atoms with Crippen molar-refractivity contribution in [2.24, 2.45) is 0 Å². The van der Waals surface area contributed by atoms with Gasteiger partial charge in [-0.15, -0.1) is 0 Å². The number of hydrogen-bond donors (Lipinski definition) is 1. The predicted molar refractivity (Wildman–Crippen MR) is 58.2 cm³/mol. The van der Waals surface area contributed by atoms with Crippen LogP contribution in [0.25, 0.3) is 4.98 Å². The quantitative estimate of drug-likeness (QED) is 0.481. The Morgan fingerprint density at radius 2 is 1.94 bits per heavy atom. The second-order valence-corrected chi connectivity index (χ2v) is 3.13. The Balaban J connectivity index is 0.000000494. The van der Waals surface area contributed by atoms with Crippen LogP contribution in [-0.4, -0.2) is 18.1 Å². The lowest BCUT2D eigenvalue weighted by Crippen LogP contribution is -2.07. The molecule has 0 saturated carbocycles. The summed E-state index contributed by atoms with van der Waals surface area (Å²) < 4.78 is 39.0. The van der Waals surface area contributed by atoms with E-state index in [2.05, 4.69) is 15.3 Å². The number of rotatable bonds is 1. The van der Waals surface area contributed by atoms with E-state index in [1.165, 1.54) is 13.1 Å². The van der Waals surface area contributed by atoms with E-state index >= 15 is 0 Å². The van der Waals surface area contributed by atoms with E-state index in [0.29, 0.717) is 11.5 Å². The third kappa shape index (κ3) is 8.03. The van der Waals surface area contributed by atoms with Gasteiger partial charge in [0, 0.05) is 12.5 Å². The van der Waals surface area contributed by atoms with Crippen LogP contribution in [-0.2, 0) is 4.79 Å². The molecule has 0 aliphatic carbocycles. The Morgan fingerprint density at radius 3 is 2.28 bits per heavy atom. The first kappa shape index (κ1) is 15.8. The third-order valence-corrected chi connectivity index (χ3v) is 1.50. The highest BCUT2D eigenvalue weighted by atomic mass is 19.5. The van der Waals surface area contributed by atoms with Crippen LogP contribution in [0.3, 0.4) is 0 Å². The van der Waals surface area contributed by atoms with Crippen LogP contribution in [0.5, 0.6) is 0 Å². The van der Waals surface area contributed by atoms with Crippen molar-refractivity contribution in [1.82, 2.24) is 4.98 Å². The molecule has 0 aromatic carbocycles. The van der Waals surface area contributed by atoms with Gasteiger partial charge in [-0.3, -0.25) is 4.79 Å². The molecule has 5 nitrogen and oxygen atoms in total. The maximum Gasteiger partial charge on any atom is 0.673 e. The molecule has 0 atom stereocenters. The molecule has 1 aromatic rings. The molecule has 10 heteroatoms. The van der Waals surface area contributed by atoms with E-state index in [1.54, 1.807) is 13.0 Å². The van der Waals surface area contributed by atoms with Crippen LogP contribution < -0.4 is 5.32 Å². The van der Waals surface area contributed by atoms with Crippen molar-refractivity contribution < 1.29 is 22.1 Å². The first-order valence-electron chi connectivity index (χ1n) is 4.60. The minimum Gasteiger partial charge on any atom is -0.418 e. The molecule has 1 amide bonds. The molecule has 1 aromatic heterocycles. The molecule has 1 heterocycles. The smallest absolute Gasteiger partial charge is 0.418 e. The Kier molecular flexibility index (Phi) is 5.74. The first-order valence-corrected chi connectivity index (χ1v) is 4.60. The molecule has 0 unspecified atom stereocenters. The number of carbonyl (C=O) groups is 1.